The highest BCUT2D eigenvalue weighted by molar-refractivity contribution is 6.85. The molecule has 8 aromatic rings. The molecule has 7 heteroatoms. The number of ether oxygens (including phenoxy) is 1. The molecule has 0 atom stereocenters. The molecule has 0 spiro atoms. The zero-order valence-corrected chi connectivity index (χ0v) is 34.2. The molecule has 0 saturated heterocycles. The maximum Gasteiger partial charge on any atom is 0.422 e. The number of benzene rings is 6. The largest absolute Gasteiger partial charge is 0.458 e. The van der Waals surface area contributed by atoms with E-state index in [1.165, 1.54) is 33.3 Å². The van der Waals surface area contributed by atoms with E-state index < -0.39 is 0 Å². The van der Waals surface area contributed by atoms with Crippen LogP contribution in [0, 0.1) is 20.2 Å². The minimum absolute atomic E-state index is 0.0526. The van der Waals surface area contributed by atoms with E-state index in [9.17, 15) is 0 Å². The van der Waals surface area contributed by atoms with Gasteiger partial charge in [-0.15, -0.1) is 0 Å². The van der Waals surface area contributed by atoms with Crippen LogP contribution in [0.2, 0.25) is 0 Å². The molecule has 10 rings (SSSR count). The van der Waals surface area contributed by atoms with Crippen molar-refractivity contribution in [2.45, 2.75) is 59.3 Å². The van der Waals surface area contributed by atoms with E-state index in [1.807, 2.05) is 6.20 Å². The van der Waals surface area contributed by atoms with Gasteiger partial charge in [-0.25, -0.2) is 4.98 Å². The van der Waals surface area contributed by atoms with Gasteiger partial charge >= 0.3 is 6.98 Å². The summed E-state index contributed by atoms with van der Waals surface area (Å²) < 4.78 is 11.3. The predicted octanol–water partition coefficient (Wildman–Crippen LogP) is 11.1. The molecule has 0 radical (unpaired) electrons. The summed E-state index contributed by atoms with van der Waals surface area (Å²) in [6.07, 6.45) is 5.67. The van der Waals surface area contributed by atoms with E-state index in [-0.39, 0.29) is 17.8 Å². The van der Waals surface area contributed by atoms with Crippen molar-refractivity contribution in [3.8, 4) is 22.9 Å². The van der Waals surface area contributed by atoms with E-state index in [1.54, 1.807) is 0 Å². The fourth-order valence-corrected chi connectivity index (χ4v) is 9.14. The third-order valence-corrected chi connectivity index (χ3v) is 12.1. The third kappa shape index (κ3) is 5.63. The number of aromatic nitrogens is 3. The first-order valence-corrected chi connectivity index (χ1v) is 20.2. The SMILES string of the molecule is Cc1cccc(C)c1B1N(c2ccccc2)c2ccc(Oc3ccc4c(c3)-n3[c-][n+](-c5ccccc5)c5cccc(c53)C4(C)C)cc2N1c1cc(C(C)(C)C)ccn1. The Morgan fingerprint density at radius 1 is 0.655 bits per heavy atom. The number of rotatable bonds is 6. The van der Waals surface area contributed by atoms with Crippen LogP contribution in [0.15, 0.2) is 152 Å². The fraction of sp³-hybridized carbons (Fsp3) is 0.176. The van der Waals surface area contributed by atoms with Crippen molar-refractivity contribution in [2.24, 2.45) is 0 Å². The summed E-state index contributed by atoms with van der Waals surface area (Å²) >= 11 is 0. The quantitative estimate of drug-likeness (QED) is 0.0962. The Morgan fingerprint density at radius 2 is 1.33 bits per heavy atom. The topological polar surface area (TPSA) is 37.4 Å². The molecular formula is C51H46BN5O. The molecule has 6 nitrogen and oxygen atoms in total. The second kappa shape index (κ2) is 13.2. The molecule has 0 unspecified atom stereocenters. The Hall–Kier alpha value is -6.60. The Balaban J connectivity index is 1.13. The number of fused-ring (bicyclic) bond motifs is 3. The van der Waals surface area contributed by atoms with Crippen molar-refractivity contribution < 1.29 is 9.30 Å². The van der Waals surface area contributed by atoms with Gasteiger partial charge < -0.3 is 14.4 Å². The van der Waals surface area contributed by atoms with Crippen LogP contribution in [-0.2, 0) is 10.8 Å². The summed E-state index contributed by atoms with van der Waals surface area (Å²) in [5.41, 5.74) is 14.8. The van der Waals surface area contributed by atoms with E-state index >= 15 is 0 Å². The van der Waals surface area contributed by atoms with Crippen molar-refractivity contribution in [2.75, 3.05) is 9.62 Å². The summed E-state index contributed by atoms with van der Waals surface area (Å²) in [6, 6.07) is 51.7. The minimum Gasteiger partial charge on any atom is -0.458 e. The van der Waals surface area contributed by atoms with Gasteiger partial charge in [0.1, 0.15) is 17.3 Å². The molecule has 0 fully saturated rings. The predicted molar refractivity (Wildman–Crippen MR) is 237 cm³/mol. The zero-order valence-electron chi connectivity index (χ0n) is 34.2. The maximum atomic E-state index is 6.91. The molecule has 284 valence electrons. The number of hydrogen-bond donors (Lipinski definition) is 0. The Bertz CT molecular complexity index is 2860. The van der Waals surface area contributed by atoms with Crippen LogP contribution in [0.25, 0.3) is 22.4 Å². The van der Waals surface area contributed by atoms with Crippen molar-refractivity contribution in [3.63, 3.8) is 0 Å². The van der Waals surface area contributed by atoms with E-state index in [0.717, 1.165) is 56.8 Å². The second-order valence-corrected chi connectivity index (χ2v) is 17.2. The van der Waals surface area contributed by atoms with Crippen molar-refractivity contribution in [1.29, 1.82) is 0 Å². The fourth-order valence-electron chi connectivity index (χ4n) is 9.14. The Morgan fingerprint density at radius 3 is 2.05 bits per heavy atom. The smallest absolute Gasteiger partial charge is 0.422 e. The highest BCUT2D eigenvalue weighted by atomic mass is 16.5. The lowest BCUT2D eigenvalue weighted by molar-refractivity contribution is -0.572. The average molecular weight is 756 g/mol. The lowest BCUT2D eigenvalue weighted by Crippen LogP contribution is -2.55. The van der Waals surface area contributed by atoms with Gasteiger partial charge in [0.2, 0.25) is 0 Å². The highest BCUT2D eigenvalue weighted by Crippen LogP contribution is 2.49. The molecule has 2 aromatic heterocycles. The van der Waals surface area contributed by atoms with E-state index in [4.69, 9.17) is 9.72 Å². The normalized spacial score (nSPS) is 14.2. The van der Waals surface area contributed by atoms with Gasteiger partial charge in [-0.1, -0.05) is 125 Å². The van der Waals surface area contributed by atoms with Gasteiger partial charge in [-0.3, -0.25) is 9.13 Å². The van der Waals surface area contributed by atoms with Crippen LogP contribution in [0.1, 0.15) is 62.4 Å². The number of anilines is 4. The number of pyridine rings is 1. The van der Waals surface area contributed by atoms with Gasteiger partial charge in [-0.2, -0.15) is 0 Å². The molecule has 2 aliphatic rings. The monoisotopic (exact) mass is 755 g/mol. The lowest BCUT2D eigenvalue weighted by Gasteiger charge is -2.34. The van der Waals surface area contributed by atoms with Gasteiger partial charge in [-0.05, 0) is 102 Å². The van der Waals surface area contributed by atoms with Gasteiger partial charge in [0.05, 0.1) is 33.8 Å². The number of nitrogens with zero attached hydrogens (tertiary/aromatic N) is 5. The second-order valence-electron chi connectivity index (χ2n) is 17.2. The molecule has 0 bridgehead atoms. The van der Waals surface area contributed by atoms with Crippen molar-refractivity contribution in [1.82, 2.24) is 9.55 Å². The van der Waals surface area contributed by atoms with Gasteiger partial charge in [0.25, 0.3) is 6.33 Å². The number of aryl methyl sites for hydroxylation is 2. The molecular weight excluding hydrogens is 709 g/mol. The van der Waals surface area contributed by atoms with Crippen LogP contribution < -0.4 is 24.4 Å². The Kier molecular flexibility index (Phi) is 8.17. The van der Waals surface area contributed by atoms with Crippen LogP contribution >= 0.6 is 0 Å². The molecule has 6 aromatic carbocycles. The van der Waals surface area contributed by atoms with Crippen LogP contribution in [0.4, 0.5) is 22.9 Å². The summed E-state index contributed by atoms with van der Waals surface area (Å²) in [5.74, 6) is 2.41. The summed E-state index contributed by atoms with van der Waals surface area (Å²) in [4.78, 5) is 9.94. The first-order chi connectivity index (χ1) is 28.0. The Labute approximate surface area is 341 Å². The first kappa shape index (κ1) is 35.8. The maximum absolute atomic E-state index is 6.91. The molecule has 4 heterocycles. The number of para-hydroxylation sites is 3. The number of hydrogen-bond acceptors (Lipinski definition) is 4. The lowest BCUT2D eigenvalue weighted by atomic mass is 9.61. The first-order valence-electron chi connectivity index (χ1n) is 20.2. The molecule has 58 heavy (non-hydrogen) atoms. The number of imidazole rings is 1. The standard InChI is InChI=1S/C51H46BN5O/c1-34-16-14-17-35(2)48(34)52-56(38-20-12-9-13-21-38)43-27-25-40(32-46(43)57(52)47-30-36(28-29-53-47)50(3,4)5)58-39-24-26-41-45(31-39)55-33-54(37-18-10-8-11-19-37)44-23-15-22-42(49(44)55)51(41,6)7/h8-32H,1-7H3. The molecule has 0 amide bonds. The minimum atomic E-state index is -0.226. The summed E-state index contributed by atoms with van der Waals surface area (Å²) in [6.45, 7) is 15.6. The summed E-state index contributed by atoms with van der Waals surface area (Å²) in [7, 11) is 0. The molecule has 0 saturated carbocycles. The van der Waals surface area contributed by atoms with Gasteiger partial charge in [0.15, 0.2) is 0 Å². The summed E-state index contributed by atoms with van der Waals surface area (Å²) in [5, 5.41) is 0. The van der Waals surface area contributed by atoms with Crippen molar-refractivity contribution in [3.05, 3.63) is 186 Å². The zero-order chi connectivity index (χ0) is 39.9. The molecule has 0 aliphatic carbocycles. The highest BCUT2D eigenvalue weighted by Gasteiger charge is 2.46. The van der Waals surface area contributed by atoms with Crippen molar-refractivity contribution >= 4 is 46.4 Å². The molecule has 0 N–H and O–H groups in total. The van der Waals surface area contributed by atoms with E-state index in [2.05, 4.69) is 219 Å². The van der Waals surface area contributed by atoms with Gasteiger partial charge in [0, 0.05) is 23.4 Å². The van der Waals surface area contributed by atoms with Crippen LogP contribution in [0.3, 0.4) is 0 Å². The average Bonchev–Trinajstić information content (AvgIpc) is 3.77. The molecule has 2 aliphatic heterocycles. The van der Waals surface area contributed by atoms with Crippen LogP contribution in [-0.4, -0.2) is 16.5 Å². The van der Waals surface area contributed by atoms with E-state index in [0.29, 0.717) is 0 Å². The third-order valence-electron chi connectivity index (χ3n) is 12.1. The van der Waals surface area contributed by atoms with Crippen LogP contribution in [0.5, 0.6) is 11.5 Å².